The number of hydrazine groups is 1. The molecular weight excluding hydrogens is 390 g/mol. The number of thiazole rings is 1. The zero-order chi connectivity index (χ0) is 17.1. The average molecular weight is 406 g/mol. The van der Waals surface area contributed by atoms with Gasteiger partial charge in [0.05, 0.1) is 16.9 Å². The van der Waals surface area contributed by atoms with Crippen molar-refractivity contribution in [1.82, 2.24) is 20.2 Å². The lowest BCUT2D eigenvalue weighted by Crippen LogP contribution is -2.29. The van der Waals surface area contributed by atoms with Gasteiger partial charge in [-0.15, -0.1) is 11.3 Å². The Morgan fingerprint density at radius 1 is 1.29 bits per heavy atom. The molecule has 0 atom stereocenters. The van der Waals surface area contributed by atoms with Gasteiger partial charge in [0.15, 0.2) is 0 Å². The standard InChI is InChI=1S/C16H16BrN5OS/c1-10(2)14-13(9-22(21-14)16-18-7-8-24-16)15(23)20-19-12-5-3-11(17)4-6-12/h3-10,19H,1-2H3,(H,20,23). The van der Waals surface area contributed by atoms with Crippen LogP contribution in [-0.4, -0.2) is 20.7 Å². The largest absolute Gasteiger partial charge is 0.298 e. The third-order valence-electron chi connectivity index (χ3n) is 3.31. The third-order valence-corrected chi connectivity index (χ3v) is 4.60. The SMILES string of the molecule is CC(C)c1nn(-c2nccs2)cc1C(=O)NNc1ccc(Br)cc1. The Hall–Kier alpha value is -2.19. The summed E-state index contributed by atoms with van der Waals surface area (Å²) in [6.45, 7) is 4.01. The van der Waals surface area contributed by atoms with Crippen molar-refractivity contribution in [2.75, 3.05) is 5.43 Å². The van der Waals surface area contributed by atoms with E-state index in [9.17, 15) is 4.79 Å². The number of nitrogens with one attached hydrogen (secondary N) is 2. The molecule has 2 heterocycles. The molecule has 0 saturated heterocycles. The van der Waals surface area contributed by atoms with Crippen molar-refractivity contribution >= 4 is 38.9 Å². The predicted octanol–water partition coefficient (Wildman–Crippen LogP) is 3.97. The molecule has 1 amide bonds. The lowest BCUT2D eigenvalue weighted by Gasteiger charge is -2.09. The van der Waals surface area contributed by atoms with Crippen molar-refractivity contribution in [1.29, 1.82) is 0 Å². The average Bonchev–Trinajstić information content (AvgIpc) is 3.23. The number of aromatic nitrogens is 3. The Bertz CT molecular complexity index is 827. The number of benzene rings is 1. The number of hydrogen-bond acceptors (Lipinski definition) is 5. The second kappa shape index (κ2) is 7.14. The Morgan fingerprint density at radius 2 is 2.04 bits per heavy atom. The molecule has 0 aliphatic carbocycles. The first-order valence-corrected chi connectivity index (χ1v) is 9.03. The number of rotatable bonds is 5. The van der Waals surface area contributed by atoms with Crippen molar-refractivity contribution in [3.05, 3.63) is 57.8 Å². The molecule has 8 heteroatoms. The summed E-state index contributed by atoms with van der Waals surface area (Å²) in [6.07, 6.45) is 3.43. The van der Waals surface area contributed by atoms with Gasteiger partial charge in [0.2, 0.25) is 5.13 Å². The maximum Gasteiger partial charge on any atom is 0.273 e. The number of hydrogen-bond donors (Lipinski definition) is 2. The first-order chi connectivity index (χ1) is 11.5. The van der Waals surface area contributed by atoms with Crippen LogP contribution in [0.25, 0.3) is 5.13 Å². The topological polar surface area (TPSA) is 71.8 Å². The summed E-state index contributed by atoms with van der Waals surface area (Å²) in [5.74, 6) is -0.107. The van der Waals surface area contributed by atoms with Gasteiger partial charge in [-0.25, -0.2) is 9.67 Å². The van der Waals surface area contributed by atoms with Crippen molar-refractivity contribution < 1.29 is 4.79 Å². The van der Waals surface area contributed by atoms with Crippen molar-refractivity contribution in [3.63, 3.8) is 0 Å². The zero-order valence-electron chi connectivity index (χ0n) is 13.2. The highest BCUT2D eigenvalue weighted by Crippen LogP contribution is 2.21. The van der Waals surface area contributed by atoms with Gasteiger partial charge < -0.3 is 0 Å². The fourth-order valence-corrected chi connectivity index (χ4v) is 2.98. The van der Waals surface area contributed by atoms with Crippen LogP contribution in [0, 0.1) is 0 Å². The molecule has 0 aliphatic heterocycles. The van der Waals surface area contributed by atoms with Gasteiger partial charge >= 0.3 is 0 Å². The van der Waals surface area contributed by atoms with E-state index >= 15 is 0 Å². The van der Waals surface area contributed by atoms with Crippen LogP contribution in [0.15, 0.2) is 46.5 Å². The number of amides is 1. The molecule has 3 aromatic rings. The highest BCUT2D eigenvalue weighted by Gasteiger charge is 2.20. The first-order valence-electron chi connectivity index (χ1n) is 7.36. The molecule has 0 bridgehead atoms. The van der Waals surface area contributed by atoms with E-state index in [4.69, 9.17) is 0 Å². The van der Waals surface area contributed by atoms with Gasteiger partial charge in [-0.3, -0.25) is 15.6 Å². The third kappa shape index (κ3) is 3.65. The minimum atomic E-state index is -0.232. The molecule has 24 heavy (non-hydrogen) atoms. The van der Waals surface area contributed by atoms with E-state index in [1.54, 1.807) is 17.1 Å². The maximum atomic E-state index is 12.5. The van der Waals surface area contributed by atoms with E-state index in [0.29, 0.717) is 5.56 Å². The minimum Gasteiger partial charge on any atom is -0.298 e. The van der Waals surface area contributed by atoms with Crippen LogP contribution in [0.3, 0.4) is 0 Å². The summed E-state index contributed by atoms with van der Waals surface area (Å²) in [7, 11) is 0. The molecule has 0 radical (unpaired) electrons. The summed E-state index contributed by atoms with van der Waals surface area (Å²) in [5.41, 5.74) is 7.69. The Labute approximate surface area is 152 Å². The number of anilines is 1. The fraction of sp³-hybridized carbons (Fsp3) is 0.188. The Kier molecular flexibility index (Phi) is 4.96. The van der Waals surface area contributed by atoms with Crippen LogP contribution >= 0.6 is 27.3 Å². The predicted molar refractivity (Wildman–Crippen MR) is 98.6 cm³/mol. The summed E-state index contributed by atoms with van der Waals surface area (Å²) < 4.78 is 2.63. The van der Waals surface area contributed by atoms with Gasteiger partial charge in [-0.2, -0.15) is 5.10 Å². The van der Waals surface area contributed by atoms with Gasteiger partial charge in [0, 0.05) is 22.2 Å². The molecule has 1 aromatic carbocycles. The normalized spacial score (nSPS) is 10.8. The fourth-order valence-electron chi connectivity index (χ4n) is 2.15. The summed E-state index contributed by atoms with van der Waals surface area (Å²) in [6, 6.07) is 7.53. The molecule has 3 rings (SSSR count). The highest BCUT2D eigenvalue weighted by atomic mass is 79.9. The van der Waals surface area contributed by atoms with Crippen molar-refractivity contribution in [2.45, 2.75) is 19.8 Å². The Balaban J connectivity index is 1.79. The van der Waals surface area contributed by atoms with E-state index in [2.05, 4.69) is 36.9 Å². The maximum absolute atomic E-state index is 12.5. The molecule has 0 spiro atoms. The molecule has 0 aliphatic rings. The lowest BCUT2D eigenvalue weighted by atomic mass is 10.1. The minimum absolute atomic E-state index is 0.125. The number of nitrogens with zero attached hydrogens (tertiary/aromatic N) is 3. The molecule has 0 saturated carbocycles. The number of carbonyl (C=O) groups excluding carboxylic acids is 1. The van der Waals surface area contributed by atoms with Crippen LogP contribution in [0.4, 0.5) is 5.69 Å². The van der Waals surface area contributed by atoms with Crippen LogP contribution in [0.1, 0.15) is 35.8 Å². The monoisotopic (exact) mass is 405 g/mol. The summed E-state index contributed by atoms with van der Waals surface area (Å²) in [4.78, 5) is 16.8. The molecule has 2 N–H and O–H groups in total. The van der Waals surface area contributed by atoms with Crippen molar-refractivity contribution in [2.24, 2.45) is 0 Å². The van der Waals surface area contributed by atoms with Gasteiger partial charge in [-0.1, -0.05) is 29.8 Å². The number of halogens is 1. The van der Waals surface area contributed by atoms with E-state index in [-0.39, 0.29) is 11.8 Å². The van der Waals surface area contributed by atoms with Gasteiger partial charge in [0.1, 0.15) is 0 Å². The molecule has 2 aromatic heterocycles. The molecule has 6 nitrogen and oxygen atoms in total. The van der Waals surface area contributed by atoms with E-state index in [1.807, 2.05) is 43.5 Å². The number of carbonyl (C=O) groups is 1. The molecule has 124 valence electrons. The summed E-state index contributed by atoms with van der Waals surface area (Å²) in [5, 5.41) is 7.12. The second-order valence-corrected chi connectivity index (χ2v) is 7.22. The highest BCUT2D eigenvalue weighted by molar-refractivity contribution is 9.10. The van der Waals surface area contributed by atoms with E-state index < -0.39 is 0 Å². The van der Waals surface area contributed by atoms with E-state index in [0.717, 1.165) is 21.0 Å². The van der Waals surface area contributed by atoms with Crippen LogP contribution in [0.2, 0.25) is 0 Å². The van der Waals surface area contributed by atoms with E-state index in [1.165, 1.54) is 11.3 Å². The van der Waals surface area contributed by atoms with Crippen LogP contribution < -0.4 is 10.9 Å². The van der Waals surface area contributed by atoms with Gasteiger partial charge in [0.25, 0.3) is 5.91 Å². The quantitative estimate of drug-likeness (QED) is 0.629. The lowest BCUT2D eigenvalue weighted by molar-refractivity contribution is 0.0961. The molecule has 0 fully saturated rings. The molecular formula is C16H16BrN5OS. The molecule has 0 unspecified atom stereocenters. The van der Waals surface area contributed by atoms with Crippen LogP contribution in [0.5, 0.6) is 0 Å². The second-order valence-electron chi connectivity index (χ2n) is 5.43. The summed E-state index contributed by atoms with van der Waals surface area (Å²) >= 11 is 4.85. The van der Waals surface area contributed by atoms with Gasteiger partial charge in [-0.05, 0) is 30.2 Å². The van der Waals surface area contributed by atoms with Crippen molar-refractivity contribution in [3.8, 4) is 5.13 Å². The Morgan fingerprint density at radius 3 is 2.67 bits per heavy atom. The smallest absolute Gasteiger partial charge is 0.273 e. The van der Waals surface area contributed by atoms with Crippen LogP contribution in [-0.2, 0) is 0 Å². The first kappa shape index (κ1) is 16.7. The zero-order valence-corrected chi connectivity index (χ0v) is 15.6.